The minimum Gasteiger partial charge on any atom is -0.469 e. The van der Waals surface area contributed by atoms with E-state index in [2.05, 4.69) is 9.84 Å². The summed E-state index contributed by atoms with van der Waals surface area (Å²) in [5.74, 6) is 0.623. The van der Waals surface area contributed by atoms with Crippen molar-refractivity contribution in [2.24, 2.45) is 0 Å². The predicted molar refractivity (Wildman–Crippen MR) is 81.0 cm³/mol. The van der Waals surface area contributed by atoms with E-state index in [0.29, 0.717) is 6.42 Å². The second-order valence-electron chi connectivity index (χ2n) is 4.49. The standard InChI is InChI=1S/C15H18N2O2S/c1-12(10-15(18)19-2)20-11-13-8-9-17(16-13)14-6-4-3-5-7-14/h3-9,12H,10-11H2,1-2H3. The van der Waals surface area contributed by atoms with Crippen LogP contribution in [0.2, 0.25) is 0 Å². The molecule has 5 heteroatoms. The van der Waals surface area contributed by atoms with Crippen molar-refractivity contribution < 1.29 is 9.53 Å². The van der Waals surface area contributed by atoms with E-state index >= 15 is 0 Å². The van der Waals surface area contributed by atoms with Crippen molar-refractivity contribution in [3.8, 4) is 5.69 Å². The van der Waals surface area contributed by atoms with Gasteiger partial charge in [-0.3, -0.25) is 4.79 Å². The van der Waals surface area contributed by atoms with Crippen molar-refractivity contribution in [3.05, 3.63) is 48.3 Å². The molecular weight excluding hydrogens is 272 g/mol. The normalized spacial score (nSPS) is 12.1. The number of rotatable bonds is 6. The van der Waals surface area contributed by atoms with Gasteiger partial charge in [0.25, 0.3) is 0 Å². The molecule has 2 aromatic rings. The topological polar surface area (TPSA) is 44.1 Å². The van der Waals surface area contributed by atoms with Crippen LogP contribution in [0.15, 0.2) is 42.6 Å². The minimum absolute atomic E-state index is 0.167. The Labute approximate surface area is 123 Å². The van der Waals surface area contributed by atoms with Gasteiger partial charge in [0.2, 0.25) is 0 Å². The summed E-state index contributed by atoms with van der Waals surface area (Å²) >= 11 is 1.71. The lowest BCUT2D eigenvalue weighted by Gasteiger charge is -2.08. The lowest BCUT2D eigenvalue weighted by molar-refractivity contribution is -0.140. The van der Waals surface area contributed by atoms with Crippen molar-refractivity contribution in [2.45, 2.75) is 24.3 Å². The number of thioether (sulfide) groups is 1. The van der Waals surface area contributed by atoms with Gasteiger partial charge in [-0.15, -0.1) is 0 Å². The third kappa shape index (κ3) is 4.13. The fourth-order valence-corrected chi connectivity index (χ4v) is 2.63. The average molecular weight is 290 g/mol. The second-order valence-corrected chi connectivity index (χ2v) is 5.92. The van der Waals surface area contributed by atoms with Crippen LogP contribution < -0.4 is 0 Å². The highest BCUT2D eigenvalue weighted by Gasteiger charge is 2.10. The van der Waals surface area contributed by atoms with E-state index in [1.165, 1.54) is 7.11 Å². The first-order chi connectivity index (χ1) is 9.69. The van der Waals surface area contributed by atoms with Crippen LogP contribution in [0.4, 0.5) is 0 Å². The molecule has 0 aliphatic rings. The number of carbonyl (C=O) groups is 1. The number of benzene rings is 1. The van der Waals surface area contributed by atoms with Gasteiger partial charge in [0.1, 0.15) is 0 Å². The number of esters is 1. The molecule has 1 unspecified atom stereocenters. The summed E-state index contributed by atoms with van der Waals surface area (Å²) in [6, 6.07) is 12.0. The highest BCUT2D eigenvalue weighted by molar-refractivity contribution is 7.99. The Bertz CT molecular complexity index is 554. The average Bonchev–Trinajstić information content (AvgIpc) is 2.95. The van der Waals surface area contributed by atoms with Gasteiger partial charge in [0, 0.05) is 17.2 Å². The summed E-state index contributed by atoms with van der Waals surface area (Å²) in [5.41, 5.74) is 2.06. The van der Waals surface area contributed by atoms with E-state index in [4.69, 9.17) is 0 Å². The monoisotopic (exact) mass is 290 g/mol. The molecule has 1 aromatic carbocycles. The van der Waals surface area contributed by atoms with E-state index in [-0.39, 0.29) is 11.2 Å². The van der Waals surface area contributed by atoms with Gasteiger partial charge in [0.15, 0.2) is 0 Å². The third-order valence-corrected chi connectivity index (χ3v) is 4.06. The Morgan fingerprint density at radius 3 is 2.80 bits per heavy atom. The lowest BCUT2D eigenvalue weighted by Crippen LogP contribution is -2.08. The molecule has 0 fully saturated rings. The van der Waals surface area contributed by atoms with E-state index in [1.54, 1.807) is 11.8 Å². The molecular formula is C15H18N2O2S. The molecule has 2 rings (SSSR count). The Hall–Kier alpha value is -1.75. The molecule has 0 saturated carbocycles. The first kappa shape index (κ1) is 14.7. The Kier molecular flexibility index (Phi) is 5.24. The van der Waals surface area contributed by atoms with Crippen molar-refractivity contribution >= 4 is 17.7 Å². The molecule has 0 saturated heterocycles. The summed E-state index contributed by atoms with van der Waals surface area (Å²) in [4.78, 5) is 11.2. The fraction of sp³-hybridized carbons (Fsp3) is 0.333. The van der Waals surface area contributed by atoms with Crippen LogP contribution in [-0.4, -0.2) is 28.1 Å². The van der Waals surface area contributed by atoms with Crippen LogP contribution in [0.5, 0.6) is 0 Å². The summed E-state index contributed by atoms with van der Waals surface area (Å²) in [6.45, 7) is 2.02. The maximum atomic E-state index is 11.2. The number of nitrogens with zero attached hydrogens (tertiary/aromatic N) is 2. The lowest BCUT2D eigenvalue weighted by atomic mass is 10.3. The molecule has 0 aliphatic heterocycles. The largest absolute Gasteiger partial charge is 0.469 e. The van der Waals surface area contributed by atoms with Gasteiger partial charge in [-0.1, -0.05) is 25.1 Å². The van der Waals surface area contributed by atoms with Crippen molar-refractivity contribution in [3.63, 3.8) is 0 Å². The van der Waals surface area contributed by atoms with Crippen LogP contribution in [-0.2, 0) is 15.3 Å². The molecule has 0 amide bonds. The number of carbonyl (C=O) groups excluding carboxylic acids is 1. The molecule has 106 valence electrons. The van der Waals surface area contributed by atoms with E-state index in [0.717, 1.165) is 17.1 Å². The van der Waals surface area contributed by atoms with Gasteiger partial charge >= 0.3 is 5.97 Å². The highest BCUT2D eigenvalue weighted by atomic mass is 32.2. The van der Waals surface area contributed by atoms with Crippen LogP contribution in [0.3, 0.4) is 0 Å². The maximum Gasteiger partial charge on any atom is 0.306 e. The zero-order chi connectivity index (χ0) is 14.4. The van der Waals surface area contributed by atoms with Gasteiger partial charge in [-0.05, 0) is 18.2 Å². The molecule has 4 nitrogen and oxygen atoms in total. The van der Waals surface area contributed by atoms with Crippen LogP contribution in [0.1, 0.15) is 19.0 Å². The zero-order valence-corrected chi connectivity index (χ0v) is 12.5. The quantitative estimate of drug-likeness (QED) is 0.767. The number of aromatic nitrogens is 2. The Morgan fingerprint density at radius 1 is 1.35 bits per heavy atom. The number of hydrogen-bond donors (Lipinski definition) is 0. The molecule has 1 heterocycles. The van der Waals surface area contributed by atoms with Crippen molar-refractivity contribution in [1.82, 2.24) is 9.78 Å². The second kappa shape index (κ2) is 7.14. The van der Waals surface area contributed by atoms with Crippen LogP contribution in [0, 0.1) is 0 Å². The molecule has 0 bridgehead atoms. The Morgan fingerprint density at radius 2 is 2.10 bits per heavy atom. The third-order valence-electron chi connectivity index (χ3n) is 2.86. The molecule has 1 aromatic heterocycles. The van der Waals surface area contributed by atoms with Crippen molar-refractivity contribution in [2.75, 3.05) is 7.11 Å². The van der Waals surface area contributed by atoms with Gasteiger partial charge in [-0.25, -0.2) is 4.68 Å². The molecule has 0 radical (unpaired) electrons. The van der Waals surface area contributed by atoms with Gasteiger partial charge in [-0.2, -0.15) is 16.9 Å². The van der Waals surface area contributed by atoms with E-state index in [9.17, 15) is 4.79 Å². The fourth-order valence-electron chi connectivity index (χ4n) is 1.77. The van der Waals surface area contributed by atoms with Crippen molar-refractivity contribution in [1.29, 1.82) is 0 Å². The smallest absolute Gasteiger partial charge is 0.306 e. The van der Waals surface area contributed by atoms with Gasteiger partial charge < -0.3 is 4.74 Å². The predicted octanol–water partition coefficient (Wildman–Crippen LogP) is 3.06. The summed E-state index contributed by atoms with van der Waals surface area (Å²) in [6.07, 6.45) is 2.39. The zero-order valence-electron chi connectivity index (χ0n) is 11.7. The van der Waals surface area contributed by atoms with Crippen LogP contribution in [0.25, 0.3) is 5.69 Å². The first-order valence-corrected chi connectivity index (χ1v) is 7.52. The summed E-state index contributed by atoms with van der Waals surface area (Å²) in [5, 5.41) is 4.76. The van der Waals surface area contributed by atoms with E-state index < -0.39 is 0 Å². The molecule has 0 spiro atoms. The number of ether oxygens (including phenoxy) is 1. The number of hydrogen-bond acceptors (Lipinski definition) is 4. The highest BCUT2D eigenvalue weighted by Crippen LogP contribution is 2.20. The number of methoxy groups -OCH3 is 1. The van der Waals surface area contributed by atoms with E-state index in [1.807, 2.05) is 54.2 Å². The summed E-state index contributed by atoms with van der Waals surface area (Å²) < 4.78 is 6.52. The maximum absolute atomic E-state index is 11.2. The molecule has 0 N–H and O–H groups in total. The number of para-hydroxylation sites is 1. The Balaban J connectivity index is 1.89. The molecule has 0 aliphatic carbocycles. The van der Waals surface area contributed by atoms with Gasteiger partial charge in [0.05, 0.1) is 24.9 Å². The SMILES string of the molecule is COC(=O)CC(C)SCc1ccn(-c2ccccc2)n1. The molecule has 20 heavy (non-hydrogen) atoms. The summed E-state index contributed by atoms with van der Waals surface area (Å²) in [7, 11) is 1.42. The first-order valence-electron chi connectivity index (χ1n) is 6.47. The molecule has 1 atom stereocenters. The minimum atomic E-state index is -0.167. The van der Waals surface area contributed by atoms with Crippen LogP contribution >= 0.6 is 11.8 Å².